The molecule has 0 bridgehead atoms. The first-order valence-electron chi connectivity index (χ1n) is 8.62. The van der Waals surface area contributed by atoms with Crippen molar-refractivity contribution in [2.24, 2.45) is 12.0 Å². The number of alkyl halides is 3. The van der Waals surface area contributed by atoms with Crippen LogP contribution in [0.15, 0.2) is 39.3 Å². The average Bonchev–Trinajstić information content (AvgIpc) is 3.29. The van der Waals surface area contributed by atoms with E-state index in [0.29, 0.717) is 18.8 Å². The summed E-state index contributed by atoms with van der Waals surface area (Å²) in [6.07, 6.45) is -3.32. The van der Waals surface area contributed by atoms with Crippen LogP contribution in [0.25, 0.3) is 0 Å². The highest BCUT2D eigenvalue weighted by Gasteiger charge is 2.37. The molecule has 30 heavy (non-hydrogen) atoms. The lowest BCUT2D eigenvalue weighted by Gasteiger charge is -2.10. The Hall–Kier alpha value is -2.61. The van der Waals surface area contributed by atoms with E-state index < -0.39 is 27.9 Å². The molecule has 0 unspecified atom stereocenters. The van der Waals surface area contributed by atoms with Crippen molar-refractivity contribution in [1.82, 2.24) is 19.5 Å². The molecule has 1 aromatic heterocycles. The number of amides is 1. The first kappa shape index (κ1) is 22.1. The Morgan fingerprint density at radius 2 is 2.07 bits per heavy atom. The summed E-state index contributed by atoms with van der Waals surface area (Å²) >= 11 is 0.773. The van der Waals surface area contributed by atoms with E-state index >= 15 is 0 Å². The predicted molar refractivity (Wildman–Crippen MR) is 104 cm³/mol. The summed E-state index contributed by atoms with van der Waals surface area (Å²) in [5.41, 5.74) is 0.228. The molecule has 0 radical (unpaired) electrons. The maximum absolute atomic E-state index is 12.7. The molecule has 0 saturated carbocycles. The summed E-state index contributed by atoms with van der Waals surface area (Å²) < 4.78 is 66.3. The normalized spacial score (nSPS) is 14.5. The summed E-state index contributed by atoms with van der Waals surface area (Å²) in [7, 11) is -2.69. The number of benzene rings is 1. The number of hydrogen-bond acceptors (Lipinski definition) is 7. The predicted octanol–water partition coefficient (Wildman–Crippen LogP) is 2.04. The van der Waals surface area contributed by atoms with Crippen molar-refractivity contribution in [3.63, 3.8) is 0 Å². The third-order valence-electron chi connectivity index (χ3n) is 3.98. The number of nitrogens with zero attached hydrogens (tertiary/aromatic N) is 4. The molecule has 0 spiro atoms. The van der Waals surface area contributed by atoms with Crippen LogP contribution in [-0.2, 0) is 28.0 Å². The summed E-state index contributed by atoms with van der Waals surface area (Å²) in [6.45, 7) is 0.571. The lowest BCUT2D eigenvalue weighted by molar-refractivity contribution is -0.147. The third kappa shape index (κ3) is 5.30. The van der Waals surface area contributed by atoms with Gasteiger partial charge >= 0.3 is 6.18 Å². The van der Waals surface area contributed by atoms with E-state index in [4.69, 9.17) is 0 Å². The summed E-state index contributed by atoms with van der Waals surface area (Å²) in [6, 6.07) is 5.62. The van der Waals surface area contributed by atoms with E-state index in [0.717, 1.165) is 29.8 Å². The molecule has 0 aliphatic carbocycles. The minimum atomic E-state index is -4.65. The highest BCUT2D eigenvalue weighted by molar-refractivity contribution is 7.99. The molecule has 2 aromatic rings. The van der Waals surface area contributed by atoms with Crippen LogP contribution in [0.1, 0.15) is 18.7 Å². The van der Waals surface area contributed by atoms with Gasteiger partial charge in [-0.1, -0.05) is 17.8 Å². The standard InChI is InChI=1S/C16H17F3N6O3S2/c1-25-14(16(17,18)19)22-23-15(25)29-9-13(26)21-10-4-2-5-11(8-10)30(27,28)24-12-6-3-7-20-12/h2,4-5,8H,3,6-7,9H2,1H3,(H,20,24)(H,21,26). The van der Waals surface area contributed by atoms with Crippen LogP contribution in [0, 0.1) is 0 Å². The molecule has 1 aliphatic heterocycles. The van der Waals surface area contributed by atoms with Gasteiger partial charge in [-0.05, 0) is 24.6 Å². The number of thioether (sulfide) groups is 1. The highest BCUT2D eigenvalue weighted by Crippen LogP contribution is 2.29. The first-order chi connectivity index (χ1) is 14.1. The molecule has 1 amide bonds. The number of sulfonamides is 1. The first-order valence-corrected chi connectivity index (χ1v) is 11.1. The van der Waals surface area contributed by atoms with Gasteiger partial charge in [0.2, 0.25) is 11.7 Å². The molecule has 2 heterocycles. The number of anilines is 1. The van der Waals surface area contributed by atoms with Gasteiger partial charge in [-0.25, -0.2) is 8.42 Å². The van der Waals surface area contributed by atoms with E-state index in [2.05, 4.69) is 25.2 Å². The van der Waals surface area contributed by atoms with Crippen LogP contribution in [0.2, 0.25) is 0 Å². The SMILES string of the molecule is Cn1c(SCC(=O)Nc2cccc(S(=O)(=O)NC3=NCCC3)c2)nnc1C(F)(F)F. The molecule has 1 aliphatic rings. The number of nitrogens with one attached hydrogen (secondary N) is 2. The van der Waals surface area contributed by atoms with Gasteiger partial charge in [0.05, 0.1) is 10.6 Å². The van der Waals surface area contributed by atoms with Gasteiger partial charge in [0.1, 0.15) is 5.84 Å². The monoisotopic (exact) mass is 462 g/mol. The molecule has 1 aromatic carbocycles. The molecule has 162 valence electrons. The van der Waals surface area contributed by atoms with Gasteiger partial charge < -0.3 is 9.88 Å². The van der Waals surface area contributed by atoms with E-state index in [1.165, 1.54) is 24.3 Å². The van der Waals surface area contributed by atoms with Crippen LogP contribution in [0.4, 0.5) is 18.9 Å². The Morgan fingerprint density at radius 3 is 2.70 bits per heavy atom. The van der Waals surface area contributed by atoms with Crippen LogP contribution < -0.4 is 10.0 Å². The molecule has 0 atom stereocenters. The van der Waals surface area contributed by atoms with Crippen molar-refractivity contribution >= 4 is 39.2 Å². The van der Waals surface area contributed by atoms with Crippen LogP contribution in [0.5, 0.6) is 0 Å². The maximum atomic E-state index is 12.7. The molecular weight excluding hydrogens is 445 g/mol. The van der Waals surface area contributed by atoms with Crippen LogP contribution in [-0.4, -0.2) is 47.2 Å². The molecule has 0 saturated heterocycles. The molecular formula is C16H17F3N6O3S2. The second kappa shape index (κ2) is 8.63. The minimum absolute atomic E-state index is 0.0503. The Morgan fingerprint density at radius 1 is 1.30 bits per heavy atom. The number of halogens is 3. The number of rotatable bonds is 6. The molecule has 3 rings (SSSR count). The fraction of sp³-hybridized carbons (Fsp3) is 0.375. The maximum Gasteiger partial charge on any atom is 0.451 e. The lowest BCUT2D eigenvalue weighted by atomic mass is 10.3. The van der Waals surface area contributed by atoms with Gasteiger partial charge in [0.15, 0.2) is 5.16 Å². The van der Waals surface area contributed by atoms with Crippen molar-refractivity contribution in [2.75, 3.05) is 17.6 Å². The average molecular weight is 462 g/mol. The van der Waals surface area contributed by atoms with E-state index in [1.54, 1.807) is 0 Å². The zero-order valence-electron chi connectivity index (χ0n) is 15.6. The quantitative estimate of drug-likeness (QED) is 0.635. The summed E-state index contributed by atoms with van der Waals surface area (Å²) in [5.74, 6) is -1.56. The molecule has 14 heteroatoms. The number of amidine groups is 1. The lowest BCUT2D eigenvalue weighted by Crippen LogP contribution is -2.29. The van der Waals surface area contributed by atoms with E-state index in [9.17, 15) is 26.4 Å². The van der Waals surface area contributed by atoms with Gasteiger partial charge in [-0.3, -0.25) is 14.5 Å². The molecule has 0 fully saturated rings. The van der Waals surface area contributed by atoms with Gasteiger partial charge in [-0.2, -0.15) is 13.2 Å². The number of hydrogen-bond donors (Lipinski definition) is 2. The third-order valence-corrected chi connectivity index (χ3v) is 6.37. The van der Waals surface area contributed by atoms with Crippen molar-refractivity contribution in [3.05, 3.63) is 30.1 Å². The topological polar surface area (TPSA) is 118 Å². The van der Waals surface area contributed by atoms with Gasteiger partial charge in [0, 0.05) is 25.7 Å². The Kier molecular flexibility index (Phi) is 6.36. The van der Waals surface area contributed by atoms with Crippen molar-refractivity contribution < 1.29 is 26.4 Å². The van der Waals surface area contributed by atoms with Crippen molar-refractivity contribution in [2.45, 2.75) is 29.1 Å². The number of aromatic nitrogens is 3. The van der Waals surface area contributed by atoms with E-state index in [-0.39, 0.29) is 21.5 Å². The Labute approximate surface area is 174 Å². The van der Waals surface area contributed by atoms with E-state index in [1.807, 2.05) is 0 Å². The summed E-state index contributed by atoms with van der Waals surface area (Å²) in [5, 5.41) is 8.95. The Bertz CT molecular complexity index is 1080. The molecule has 2 N–H and O–H groups in total. The minimum Gasteiger partial charge on any atom is -0.325 e. The fourth-order valence-corrected chi connectivity index (χ4v) is 4.44. The number of carbonyl (C=O) groups is 1. The highest BCUT2D eigenvalue weighted by atomic mass is 32.2. The zero-order chi connectivity index (χ0) is 21.9. The second-order valence-electron chi connectivity index (χ2n) is 6.27. The van der Waals surface area contributed by atoms with Gasteiger partial charge in [-0.15, -0.1) is 10.2 Å². The Balaban J connectivity index is 1.62. The van der Waals surface area contributed by atoms with Crippen molar-refractivity contribution in [1.29, 1.82) is 0 Å². The van der Waals surface area contributed by atoms with Crippen molar-refractivity contribution in [3.8, 4) is 0 Å². The number of aliphatic imine (C=N–C) groups is 1. The van der Waals surface area contributed by atoms with Crippen LogP contribution in [0.3, 0.4) is 0 Å². The molecule has 9 nitrogen and oxygen atoms in total. The summed E-state index contributed by atoms with van der Waals surface area (Å²) in [4.78, 5) is 16.2. The number of carbonyl (C=O) groups excluding carboxylic acids is 1. The van der Waals surface area contributed by atoms with Crippen LogP contribution >= 0.6 is 11.8 Å². The second-order valence-corrected chi connectivity index (χ2v) is 8.89. The largest absolute Gasteiger partial charge is 0.451 e. The van der Waals surface area contributed by atoms with Gasteiger partial charge in [0.25, 0.3) is 10.0 Å². The zero-order valence-corrected chi connectivity index (χ0v) is 17.2. The fourth-order valence-electron chi connectivity index (χ4n) is 2.59. The smallest absolute Gasteiger partial charge is 0.325 e.